The molecule has 1 aromatic rings. The van der Waals surface area contributed by atoms with Crippen LogP contribution in [0, 0.1) is 0 Å². The zero-order valence-corrected chi connectivity index (χ0v) is 12.8. The number of benzene rings is 1. The molecule has 0 aromatic heterocycles. The molecule has 1 aliphatic rings. The van der Waals surface area contributed by atoms with Crippen LogP contribution in [0.25, 0.3) is 0 Å². The van der Waals surface area contributed by atoms with E-state index in [0.717, 1.165) is 5.01 Å². The fourth-order valence-corrected chi connectivity index (χ4v) is 2.13. The van der Waals surface area contributed by atoms with Crippen LogP contribution in [-0.2, 0) is 14.4 Å². The molecule has 0 fully saturated rings. The van der Waals surface area contributed by atoms with Crippen LogP contribution < -0.4 is 10.1 Å². The van der Waals surface area contributed by atoms with Gasteiger partial charge in [-0.05, 0) is 17.7 Å². The maximum atomic E-state index is 12.2. The number of hydrazone groups is 1. The third-order valence-electron chi connectivity index (χ3n) is 3.44. The van der Waals surface area contributed by atoms with E-state index in [1.54, 1.807) is 24.3 Å². The standard InChI is InChI=1S/C15H17N3O5/c1-18-12(19)8-7-11(17-18)14(20)16-13(15(21)22)9-3-5-10(23-2)6-4-9/h3-6,13H,7-8H2,1-2H3,(H,16,20)(H,21,22). The number of ether oxygens (including phenoxy) is 1. The van der Waals surface area contributed by atoms with Gasteiger partial charge in [-0.2, -0.15) is 5.10 Å². The van der Waals surface area contributed by atoms with Gasteiger partial charge in [0, 0.05) is 19.9 Å². The third-order valence-corrected chi connectivity index (χ3v) is 3.44. The summed E-state index contributed by atoms with van der Waals surface area (Å²) in [5, 5.41) is 16.7. The van der Waals surface area contributed by atoms with Crippen molar-refractivity contribution < 1.29 is 24.2 Å². The van der Waals surface area contributed by atoms with Crippen LogP contribution in [0.15, 0.2) is 29.4 Å². The van der Waals surface area contributed by atoms with Crippen molar-refractivity contribution in [2.75, 3.05) is 14.2 Å². The first-order chi connectivity index (χ1) is 10.9. The minimum atomic E-state index is -1.21. The minimum Gasteiger partial charge on any atom is -0.497 e. The van der Waals surface area contributed by atoms with Crippen LogP contribution in [0.2, 0.25) is 0 Å². The Bertz CT molecular complexity index is 654. The van der Waals surface area contributed by atoms with Crippen LogP contribution in [0.4, 0.5) is 0 Å². The van der Waals surface area contributed by atoms with Gasteiger partial charge in [-0.1, -0.05) is 12.1 Å². The van der Waals surface area contributed by atoms with E-state index in [9.17, 15) is 19.5 Å². The number of nitrogens with zero attached hydrogens (tertiary/aromatic N) is 2. The number of nitrogens with one attached hydrogen (secondary N) is 1. The number of methoxy groups -OCH3 is 1. The highest BCUT2D eigenvalue weighted by Gasteiger charge is 2.27. The molecule has 0 saturated heterocycles. The van der Waals surface area contributed by atoms with Gasteiger partial charge in [0.1, 0.15) is 11.5 Å². The van der Waals surface area contributed by atoms with Crippen LogP contribution in [0.1, 0.15) is 24.4 Å². The molecule has 1 unspecified atom stereocenters. The van der Waals surface area contributed by atoms with Crippen molar-refractivity contribution in [3.05, 3.63) is 29.8 Å². The number of hydrogen-bond donors (Lipinski definition) is 2. The first-order valence-corrected chi connectivity index (χ1v) is 6.94. The van der Waals surface area contributed by atoms with Gasteiger partial charge in [0.2, 0.25) is 5.91 Å². The molecule has 0 bridgehead atoms. The van der Waals surface area contributed by atoms with Gasteiger partial charge in [-0.15, -0.1) is 0 Å². The van der Waals surface area contributed by atoms with Crippen molar-refractivity contribution in [1.29, 1.82) is 0 Å². The number of amides is 2. The smallest absolute Gasteiger partial charge is 0.330 e. The Morgan fingerprint density at radius 3 is 2.48 bits per heavy atom. The van der Waals surface area contributed by atoms with E-state index in [1.165, 1.54) is 14.2 Å². The fraction of sp³-hybridized carbons (Fsp3) is 0.333. The van der Waals surface area contributed by atoms with E-state index in [1.807, 2.05) is 0 Å². The van der Waals surface area contributed by atoms with Crippen molar-refractivity contribution in [3.8, 4) is 5.75 Å². The van der Waals surface area contributed by atoms with Crippen molar-refractivity contribution in [3.63, 3.8) is 0 Å². The Kier molecular flexibility index (Phi) is 4.95. The molecule has 122 valence electrons. The number of aliphatic carboxylic acids is 1. The molecule has 2 N–H and O–H groups in total. The van der Waals surface area contributed by atoms with Gasteiger partial charge >= 0.3 is 5.97 Å². The molecule has 1 heterocycles. The monoisotopic (exact) mass is 319 g/mol. The SMILES string of the molecule is COc1ccc(C(NC(=O)C2=NN(C)C(=O)CC2)C(=O)O)cc1. The molecular formula is C15H17N3O5. The largest absolute Gasteiger partial charge is 0.497 e. The number of carbonyl (C=O) groups is 3. The van der Waals surface area contributed by atoms with Crippen molar-refractivity contribution in [2.45, 2.75) is 18.9 Å². The Labute approximate surface area is 132 Å². The number of hydrogen-bond acceptors (Lipinski definition) is 5. The summed E-state index contributed by atoms with van der Waals surface area (Å²) in [6.45, 7) is 0. The Hall–Kier alpha value is -2.90. The summed E-state index contributed by atoms with van der Waals surface area (Å²) in [7, 11) is 2.96. The maximum Gasteiger partial charge on any atom is 0.330 e. The quantitative estimate of drug-likeness (QED) is 0.823. The van der Waals surface area contributed by atoms with Crippen LogP contribution in [0.5, 0.6) is 5.75 Å². The van der Waals surface area contributed by atoms with Gasteiger partial charge in [-0.3, -0.25) is 9.59 Å². The second kappa shape index (κ2) is 6.91. The second-order valence-electron chi connectivity index (χ2n) is 4.98. The van der Waals surface area contributed by atoms with Crippen LogP contribution >= 0.6 is 0 Å². The molecule has 2 amide bonds. The lowest BCUT2D eigenvalue weighted by Crippen LogP contribution is -2.41. The first-order valence-electron chi connectivity index (χ1n) is 6.94. The van der Waals surface area contributed by atoms with Gasteiger partial charge in [0.15, 0.2) is 6.04 Å². The van der Waals surface area contributed by atoms with E-state index in [-0.39, 0.29) is 24.5 Å². The lowest BCUT2D eigenvalue weighted by molar-refractivity contribution is -0.141. The van der Waals surface area contributed by atoms with E-state index >= 15 is 0 Å². The van der Waals surface area contributed by atoms with E-state index in [0.29, 0.717) is 11.3 Å². The summed E-state index contributed by atoms with van der Waals surface area (Å²) < 4.78 is 5.02. The normalized spacial score (nSPS) is 15.7. The van der Waals surface area contributed by atoms with Crippen LogP contribution in [0.3, 0.4) is 0 Å². The molecule has 1 atom stereocenters. The lowest BCUT2D eigenvalue weighted by atomic mass is 10.1. The summed E-state index contributed by atoms with van der Waals surface area (Å²) >= 11 is 0. The van der Waals surface area contributed by atoms with E-state index < -0.39 is 17.9 Å². The summed E-state index contributed by atoms with van der Waals surface area (Å²) in [5.41, 5.74) is 0.541. The first kappa shape index (κ1) is 16.5. The topological polar surface area (TPSA) is 108 Å². The molecular weight excluding hydrogens is 302 g/mol. The fourth-order valence-electron chi connectivity index (χ4n) is 2.13. The summed E-state index contributed by atoms with van der Waals surface area (Å²) in [5.74, 6) is -1.40. The molecule has 8 nitrogen and oxygen atoms in total. The van der Waals surface area contributed by atoms with Gasteiger partial charge in [0.25, 0.3) is 5.91 Å². The summed E-state index contributed by atoms with van der Waals surface area (Å²) in [6, 6.07) is 5.15. The number of carboxylic acids is 1. The molecule has 1 aliphatic heterocycles. The zero-order valence-electron chi connectivity index (χ0n) is 12.8. The van der Waals surface area contributed by atoms with E-state index in [4.69, 9.17) is 4.74 Å². The van der Waals surface area contributed by atoms with Gasteiger partial charge in [-0.25, -0.2) is 9.80 Å². The van der Waals surface area contributed by atoms with Crippen molar-refractivity contribution in [1.82, 2.24) is 10.3 Å². The molecule has 0 saturated carbocycles. The van der Waals surface area contributed by atoms with E-state index in [2.05, 4.69) is 10.4 Å². The van der Waals surface area contributed by atoms with Crippen molar-refractivity contribution >= 4 is 23.5 Å². The Morgan fingerprint density at radius 1 is 1.30 bits per heavy atom. The average molecular weight is 319 g/mol. The highest BCUT2D eigenvalue weighted by molar-refractivity contribution is 6.39. The molecule has 0 spiro atoms. The molecule has 2 rings (SSSR count). The highest BCUT2D eigenvalue weighted by atomic mass is 16.5. The zero-order chi connectivity index (χ0) is 17.0. The Morgan fingerprint density at radius 2 is 1.96 bits per heavy atom. The average Bonchev–Trinajstić information content (AvgIpc) is 2.54. The molecule has 0 aliphatic carbocycles. The molecule has 0 radical (unpaired) electrons. The van der Waals surface area contributed by atoms with Gasteiger partial charge in [0.05, 0.1) is 7.11 Å². The van der Waals surface area contributed by atoms with Gasteiger partial charge < -0.3 is 15.2 Å². The summed E-state index contributed by atoms with van der Waals surface area (Å²) in [4.78, 5) is 35.0. The third kappa shape index (κ3) is 3.85. The number of carboxylic acid groups (broad SMARTS) is 1. The molecule has 23 heavy (non-hydrogen) atoms. The lowest BCUT2D eigenvalue weighted by Gasteiger charge is -2.21. The molecule has 1 aromatic carbocycles. The highest BCUT2D eigenvalue weighted by Crippen LogP contribution is 2.18. The number of rotatable bonds is 5. The molecule has 8 heteroatoms. The number of carbonyl (C=O) groups excluding carboxylic acids is 2. The van der Waals surface area contributed by atoms with Crippen LogP contribution in [-0.4, -0.2) is 47.8 Å². The second-order valence-corrected chi connectivity index (χ2v) is 4.98. The predicted molar refractivity (Wildman–Crippen MR) is 81.0 cm³/mol. The Balaban J connectivity index is 2.16. The minimum absolute atomic E-state index is 0.131. The van der Waals surface area contributed by atoms with Crippen molar-refractivity contribution in [2.24, 2.45) is 5.10 Å². The summed E-state index contributed by atoms with van der Waals surface area (Å²) in [6.07, 6.45) is 0.354. The maximum absolute atomic E-state index is 12.2. The predicted octanol–water partition coefficient (Wildman–Crippen LogP) is 0.545.